The summed E-state index contributed by atoms with van der Waals surface area (Å²) in [5, 5.41) is 3.83. The fraction of sp³-hybridized carbons (Fsp3) is 1.00. The molecule has 21 heavy (non-hydrogen) atoms. The number of hydrogen-bond acceptors (Lipinski definition) is 3. The standard InChI is InChI=1S/C18H36N2O/c1-4-10-19-17-7-6-15(5-2)13-18(17)20-11-8-16(9-12-20)14-21-3/h15-19H,4-14H2,1-3H3. The highest BCUT2D eigenvalue weighted by Crippen LogP contribution is 2.32. The second kappa shape index (κ2) is 9.12. The Balaban J connectivity index is 1.89. The van der Waals surface area contributed by atoms with Gasteiger partial charge in [0, 0.05) is 25.8 Å². The second-order valence-corrected chi connectivity index (χ2v) is 7.15. The number of rotatable bonds is 7. The molecule has 0 aromatic rings. The molecule has 1 saturated heterocycles. The first kappa shape index (κ1) is 17.2. The lowest BCUT2D eigenvalue weighted by Gasteiger charge is -2.45. The van der Waals surface area contributed by atoms with Crippen LogP contribution in [0.1, 0.15) is 58.8 Å². The monoisotopic (exact) mass is 296 g/mol. The Labute approximate surface area is 131 Å². The van der Waals surface area contributed by atoms with E-state index in [9.17, 15) is 0 Å². The second-order valence-electron chi connectivity index (χ2n) is 7.15. The zero-order chi connectivity index (χ0) is 15.1. The molecule has 0 amide bonds. The van der Waals surface area contributed by atoms with Crippen LogP contribution in [0.15, 0.2) is 0 Å². The van der Waals surface area contributed by atoms with Gasteiger partial charge in [-0.15, -0.1) is 0 Å². The normalized spacial score (nSPS) is 32.4. The van der Waals surface area contributed by atoms with Crippen molar-refractivity contribution in [3.05, 3.63) is 0 Å². The Morgan fingerprint density at radius 3 is 2.43 bits per heavy atom. The number of methoxy groups -OCH3 is 1. The smallest absolute Gasteiger partial charge is 0.0491 e. The predicted octanol–water partition coefficient (Wildman–Crippen LogP) is 3.29. The third kappa shape index (κ3) is 4.94. The zero-order valence-corrected chi connectivity index (χ0v) is 14.4. The summed E-state index contributed by atoms with van der Waals surface area (Å²) in [7, 11) is 1.84. The maximum atomic E-state index is 5.34. The van der Waals surface area contributed by atoms with Gasteiger partial charge in [0.05, 0.1) is 0 Å². The lowest BCUT2D eigenvalue weighted by molar-refractivity contribution is 0.0438. The van der Waals surface area contributed by atoms with Crippen LogP contribution in [0.3, 0.4) is 0 Å². The number of nitrogens with one attached hydrogen (secondary N) is 1. The van der Waals surface area contributed by atoms with E-state index in [0.717, 1.165) is 30.5 Å². The number of ether oxygens (including phenoxy) is 1. The summed E-state index contributed by atoms with van der Waals surface area (Å²) in [5.74, 6) is 1.74. The first-order valence-corrected chi connectivity index (χ1v) is 9.24. The van der Waals surface area contributed by atoms with Gasteiger partial charge in [0.15, 0.2) is 0 Å². The molecule has 1 heterocycles. The van der Waals surface area contributed by atoms with E-state index in [4.69, 9.17) is 4.74 Å². The summed E-state index contributed by atoms with van der Waals surface area (Å²) < 4.78 is 5.34. The van der Waals surface area contributed by atoms with Gasteiger partial charge < -0.3 is 10.1 Å². The largest absolute Gasteiger partial charge is 0.384 e. The van der Waals surface area contributed by atoms with E-state index in [2.05, 4.69) is 24.1 Å². The summed E-state index contributed by atoms with van der Waals surface area (Å²) in [4.78, 5) is 2.79. The number of nitrogens with zero attached hydrogens (tertiary/aromatic N) is 1. The van der Waals surface area contributed by atoms with Gasteiger partial charge in [-0.1, -0.05) is 20.3 Å². The maximum Gasteiger partial charge on any atom is 0.0491 e. The third-order valence-electron chi connectivity index (χ3n) is 5.68. The van der Waals surface area contributed by atoms with Crippen LogP contribution >= 0.6 is 0 Å². The molecule has 2 rings (SSSR count). The van der Waals surface area contributed by atoms with Gasteiger partial charge in [0.1, 0.15) is 0 Å². The molecule has 0 aromatic heterocycles. The molecule has 0 aromatic carbocycles. The minimum Gasteiger partial charge on any atom is -0.384 e. The van der Waals surface area contributed by atoms with Crippen molar-refractivity contribution in [2.75, 3.05) is 33.4 Å². The minimum absolute atomic E-state index is 0.728. The molecular formula is C18H36N2O. The first-order chi connectivity index (χ1) is 10.3. The molecule has 1 aliphatic heterocycles. The van der Waals surface area contributed by atoms with Gasteiger partial charge in [-0.3, -0.25) is 4.90 Å². The van der Waals surface area contributed by atoms with Crippen LogP contribution in [-0.4, -0.2) is 50.3 Å². The van der Waals surface area contributed by atoms with Crippen molar-refractivity contribution in [2.45, 2.75) is 70.9 Å². The molecule has 2 aliphatic rings. The van der Waals surface area contributed by atoms with Crippen molar-refractivity contribution in [3.8, 4) is 0 Å². The van der Waals surface area contributed by atoms with Gasteiger partial charge in [-0.2, -0.15) is 0 Å². The van der Waals surface area contributed by atoms with Crippen LogP contribution in [0.4, 0.5) is 0 Å². The van der Waals surface area contributed by atoms with E-state index in [0.29, 0.717) is 0 Å². The van der Waals surface area contributed by atoms with Gasteiger partial charge in [0.2, 0.25) is 0 Å². The molecule has 3 nitrogen and oxygen atoms in total. The van der Waals surface area contributed by atoms with Crippen molar-refractivity contribution < 1.29 is 4.74 Å². The lowest BCUT2D eigenvalue weighted by atomic mass is 9.79. The Bertz CT molecular complexity index is 276. The molecule has 1 saturated carbocycles. The summed E-state index contributed by atoms with van der Waals surface area (Å²) in [6.45, 7) is 9.33. The van der Waals surface area contributed by atoms with Gasteiger partial charge >= 0.3 is 0 Å². The molecular weight excluding hydrogens is 260 g/mol. The molecule has 0 radical (unpaired) electrons. The summed E-state index contributed by atoms with van der Waals surface area (Å²) in [6, 6.07) is 1.51. The predicted molar refractivity (Wildman–Crippen MR) is 89.7 cm³/mol. The minimum atomic E-state index is 0.728. The Kier molecular flexibility index (Phi) is 7.48. The lowest BCUT2D eigenvalue weighted by Crippen LogP contribution is -2.55. The van der Waals surface area contributed by atoms with E-state index in [-0.39, 0.29) is 0 Å². The highest BCUT2D eigenvalue weighted by Gasteiger charge is 2.35. The highest BCUT2D eigenvalue weighted by atomic mass is 16.5. The van der Waals surface area contributed by atoms with Crippen LogP contribution in [0, 0.1) is 11.8 Å². The SMILES string of the molecule is CCCNC1CCC(CC)CC1N1CCC(COC)CC1. The Morgan fingerprint density at radius 2 is 1.81 bits per heavy atom. The van der Waals surface area contributed by atoms with Crippen LogP contribution in [0.5, 0.6) is 0 Å². The third-order valence-corrected chi connectivity index (χ3v) is 5.68. The van der Waals surface area contributed by atoms with Crippen LogP contribution < -0.4 is 5.32 Å². The van der Waals surface area contributed by atoms with Crippen LogP contribution in [-0.2, 0) is 4.74 Å². The number of likely N-dealkylation sites (tertiary alicyclic amines) is 1. The summed E-state index contributed by atoms with van der Waals surface area (Å²) in [6.07, 6.45) is 9.46. The van der Waals surface area contributed by atoms with E-state index < -0.39 is 0 Å². The average molecular weight is 296 g/mol. The number of hydrogen-bond donors (Lipinski definition) is 1. The Hall–Kier alpha value is -0.120. The van der Waals surface area contributed by atoms with Crippen molar-refractivity contribution >= 4 is 0 Å². The van der Waals surface area contributed by atoms with Crippen LogP contribution in [0.25, 0.3) is 0 Å². The molecule has 124 valence electrons. The van der Waals surface area contributed by atoms with Gasteiger partial charge in [-0.25, -0.2) is 0 Å². The first-order valence-electron chi connectivity index (χ1n) is 9.24. The maximum absolute atomic E-state index is 5.34. The zero-order valence-electron chi connectivity index (χ0n) is 14.4. The van der Waals surface area contributed by atoms with E-state index in [1.807, 2.05) is 7.11 Å². The average Bonchev–Trinajstić information content (AvgIpc) is 2.54. The topological polar surface area (TPSA) is 24.5 Å². The molecule has 3 heteroatoms. The highest BCUT2D eigenvalue weighted by molar-refractivity contribution is 4.92. The van der Waals surface area contributed by atoms with Crippen molar-refractivity contribution in [2.24, 2.45) is 11.8 Å². The molecule has 1 N–H and O–H groups in total. The van der Waals surface area contributed by atoms with E-state index in [1.54, 1.807) is 0 Å². The fourth-order valence-electron chi connectivity index (χ4n) is 4.26. The van der Waals surface area contributed by atoms with Crippen molar-refractivity contribution in [1.82, 2.24) is 10.2 Å². The molecule has 3 unspecified atom stereocenters. The molecule has 0 bridgehead atoms. The Morgan fingerprint density at radius 1 is 1.05 bits per heavy atom. The van der Waals surface area contributed by atoms with E-state index in [1.165, 1.54) is 64.6 Å². The van der Waals surface area contributed by atoms with Gasteiger partial charge in [0.25, 0.3) is 0 Å². The fourth-order valence-corrected chi connectivity index (χ4v) is 4.26. The van der Waals surface area contributed by atoms with Crippen molar-refractivity contribution in [1.29, 1.82) is 0 Å². The van der Waals surface area contributed by atoms with Gasteiger partial charge in [-0.05, 0) is 70.0 Å². The van der Waals surface area contributed by atoms with E-state index >= 15 is 0 Å². The summed E-state index contributed by atoms with van der Waals surface area (Å²) >= 11 is 0. The van der Waals surface area contributed by atoms with Crippen LogP contribution in [0.2, 0.25) is 0 Å². The molecule has 0 spiro atoms. The quantitative estimate of drug-likeness (QED) is 0.780. The number of piperidine rings is 1. The molecule has 1 aliphatic carbocycles. The molecule has 2 fully saturated rings. The summed E-state index contributed by atoms with van der Waals surface area (Å²) in [5.41, 5.74) is 0. The van der Waals surface area contributed by atoms with Crippen molar-refractivity contribution in [3.63, 3.8) is 0 Å². The molecule has 3 atom stereocenters.